The third kappa shape index (κ3) is 89.0. The summed E-state index contributed by atoms with van der Waals surface area (Å²) in [6.45, 7) is 27.6. The van der Waals surface area contributed by atoms with Crippen molar-refractivity contribution in [3.05, 3.63) is 0 Å². The van der Waals surface area contributed by atoms with Crippen LogP contribution >= 0.6 is 0 Å². The van der Waals surface area contributed by atoms with Gasteiger partial charge in [0.1, 0.15) is 0 Å². The Labute approximate surface area is 551 Å². The Kier molecular flexibility index (Phi) is 88.0. The lowest BCUT2D eigenvalue weighted by Gasteiger charge is -2.09. The summed E-state index contributed by atoms with van der Waals surface area (Å²) in [5.41, 5.74) is 5.35. The Hall–Kier alpha value is -1.00. The van der Waals surface area contributed by atoms with Gasteiger partial charge >= 0.3 is 0 Å². The van der Waals surface area contributed by atoms with Crippen molar-refractivity contribution < 1.29 is 114 Å². The Morgan fingerprint density at radius 3 is 0.341 bits per heavy atom. The molecule has 0 spiro atoms. The molecule has 2 N–H and O–H groups in total. The zero-order valence-corrected chi connectivity index (χ0v) is 57.3. The lowest BCUT2D eigenvalue weighted by atomic mass is 10.0. The van der Waals surface area contributed by atoms with Gasteiger partial charge in [0.25, 0.3) is 0 Å². The van der Waals surface area contributed by atoms with E-state index in [2.05, 4.69) is 6.92 Å². The second kappa shape index (κ2) is 89.0. The highest BCUT2D eigenvalue weighted by molar-refractivity contribution is 4.51. The molecular formula is C66H135NO24. The van der Waals surface area contributed by atoms with E-state index in [1.54, 1.807) is 0 Å². The van der Waals surface area contributed by atoms with E-state index < -0.39 is 0 Å². The van der Waals surface area contributed by atoms with Crippen LogP contribution in [0.15, 0.2) is 0 Å². The molecule has 0 bridgehead atoms. The van der Waals surface area contributed by atoms with E-state index >= 15 is 0 Å². The summed E-state index contributed by atoms with van der Waals surface area (Å²) in [6, 6.07) is 0. The van der Waals surface area contributed by atoms with E-state index in [4.69, 9.17) is 119 Å². The quantitative estimate of drug-likeness (QED) is 0.0630. The maximum atomic E-state index is 5.71. The third-order valence-electron chi connectivity index (χ3n) is 13.0. The predicted molar refractivity (Wildman–Crippen MR) is 348 cm³/mol. The second-order valence-electron chi connectivity index (χ2n) is 20.8. The predicted octanol–water partition coefficient (Wildman–Crippen LogP) is 6.61. The van der Waals surface area contributed by atoms with Crippen LogP contribution in [0.5, 0.6) is 0 Å². The maximum Gasteiger partial charge on any atom is 0.0701 e. The van der Waals surface area contributed by atoms with Crippen molar-refractivity contribution in [1.82, 2.24) is 0 Å². The van der Waals surface area contributed by atoms with Crippen LogP contribution in [0.3, 0.4) is 0 Å². The summed E-state index contributed by atoms with van der Waals surface area (Å²) in [7, 11) is 0. The van der Waals surface area contributed by atoms with Gasteiger partial charge in [0.2, 0.25) is 0 Å². The topological polar surface area (TPSA) is 248 Å². The molecular weight excluding hydrogens is 1190 g/mol. The molecule has 548 valence electrons. The van der Waals surface area contributed by atoms with Crippen molar-refractivity contribution in [2.24, 2.45) is 5.73 Å². The Morgan fingerprint density at radius 2 is 0.220 bits per heavy atom. The summed E-state index contributed by atoms with van der Waals surface area (Å²) in [6.07, 6.45) is 22.1. The van der Waals surface area contributed by atoms with Gasteiger partial charge in [-0.2, -0.15) is 0 Å². The molecule has 0 aliphatic carbocycles. The Morgan fingerprint density at radius 1 is 0.121 bits per heavy atom. The molecule has 0 rings (SSSR count). The van der Waals surface area contributed by atoms with Crippen molar-refractivity contribution in [3.63, 3.8) is 0 Å². The van der Waals surface area contributed by atoms with Gasteiger partial charge in [-0.25, -0.2) is 0 Å². The SMILES string of the molecule is CCCCCCCCCCCCCCCCCCOCCOCCOCCOCCOCCOCCOCCOCCOCCOCCOCCOCCOCCOCCOCCOCCOCCOCCOCCOCCOCCOCCOCCOCCN. The van der Waals surface area contributed by atoms with Gasteiger partial charge in [0, 0.05) is 13.2 Å². The van der Waals surface area contributed by atoms with E-state index in [1.807, 2.05) is 0 Å². The minimum atomic E-state index is 0.488. The van der Waals surface area contributed by atoms with E-state index in [0.29, 0.717) is 317 Å². The lowest BCUT2D eigenvalue weighted by Crippen LogP contribution is -2.16. The molecule has 0 aromatic heterocycles. The van der Waals surface area contributed by atoms with Gasteiger partial charge in [0.15, 0.2) is 0 Å². The van der Waals surface area contributed by atoms with Gasteiger partial charge in [-0.3, -0.25) is 0 Å². The zero-order valence-electron chi connectivity index (χ0n) is 57.3. The first-order valence-electron chi connectivity index (χ1n) is 35.0. The molecule has 0 unspecified atom stereocenters. The number of ether oxygens (including phenoxy) is 24. The molecule has 0 radical (unpaired) electrons. The fourth-order valence-corrected chi connectivity index (χ4v) is 8.00. The van der Waals surface area contributed by atoms with Crippen molar-refractivity contribution in [2.75, 3.05) is 324 Å². The molecule has 0 fully saturated rings. The fourth-order valence-electron chi connectivity index (χ4n) is 8.00. The van der Waals surface area contributed by atoms with E-state index in [-0.39, 0.29) is 0 Å². The van der Waals surface area contributed by atoms with Crippen LogP contribution in [0.25, 0.3) is 0 Å². The summed E-state index contributed by atoms with van der Waals surface area (Å²) in [5.74, 6) is 0. The van der Waals surface area contributed by atoms with Crippen molar-refractivity contribution in [3.8, 4) is 0 Å². The summed E-state index contributed by atoms with van der Waals surface area (Å²) < 4.78 is 132. The van der Waals surface area contributed by atoms with Crippen LogP contribution in [0.1, 0.15) is 110 Å². The average Bonchev–Trinajstić information content (AvgIpc) is 3.56. The van der Waals surface area contributed by atoms with Crippen LogP contribution in [0, 0.1) is 0 Å². The molecule has 25 nitrogen and oxygen atoms in total. The van der Waals surface area contributed by atoms with Gasteiger partial charge in [0.05, 0.1) is 311 Å². The van der Waals surface area contributed by atoms with Crippen molar-refractivity contribution >= 4 is 0 Å². The molecule has 0 aromatic rings. The van der Waals surface area contributed by atoms with Gasteiger partial charge in [-0.05, 0) is 6.42 Å². The Balaban J connectivity index is 3.09. The molecule has 25 heteroatoms. The number of unbranched alkanes of at least 4 members (excludes halogenated alkanes) is 15. The van der Waals surface area contributed by atoms with Crippen LogP contribution in [0.2, 0.25) is 0 Å². The first-order valence-corrected chi connectivity index (χ1v) is 35.0. The number of nitrogens with two attached hydrogens (primary N) is 1. The smallest absolute Gasteiger partial charge is 0.0701 e. The minimum absolute atomic E-state index is 0.488. The fraction of sp³-hybridized carbons (Fsp3) is 1.00. The molecule has 0 aliphatic heterocycles. The van der Waals surface area contributed by atoms with Crippen molar-refractivity contribution in [1.29, 1.82) is 0 Å². The van der Waals surface area contributed by atoms with Crippen LogP contribution in [-0.4, -0.2) is 324 Å². The Bertz CT molecular complexity index is 1150. The van der Waals surface area contributed by atoms with Crippen LogP contribution in [0.4, 0.5) is 0 Å². The first kappa shape index (κ1) is 90.0. The highest BCUT2D eigenvalue weighted by atomic mass is 16.6. The molecule has 0 saturated heterocycles. The first-order chi connectivity index (χ1) is 45.4. The number of hydrogen-bond donors (Lipinski definition) is 1. The normalized spacial score (nSPS) is 11.8. The lowest BCUT2D eigenvalue weighted by molar-refractivity contribution is -0.0320. The van der Waals surface area contributed by atoms with E-state index in [9.17, 15) is 0 Å². The highest BCUT2D eigenvalue weighted by Gasteiger charge is 2.02. The van der Waals surface area contributed by atoms with Crippen LogP contribution < -0.4 is 5.73 Å². The second-order valence-corrected chi connectivity index (χ2v) is 20.8. The number of rotatable bonds is 88. The zero-order chi connectivity index (χ0) is 64.9. The molecule has 0 aliphatic rings. The van der Waals surface area contributed by atoms with Gasteiger partial charge in [-0.1, -0.05) is 103 Å². The standard InChI is InChI=1S/C66H135NO24/c1-2-3-4-5-6-7-8-9-10-11-12-13-14-15-16-17-19-68-21-23-70-25-27-72-29-31-74-33-35-76-37-39-78-41-43-80-45-47-82-49-51-84-53-55-86-57-59-88-61-63-90-65-66-91-64-62-89-60-58-87-56-54-85-52-50-83-48-46-81-44-42-79-40-38-77-36-34-75-32-30-73-28-26-71-24-22-69-20-18-67/h2-67H2,1H3. The molecule has 0 heterocycles. The molecule has 0 aromatic carbocycles. The van der Waals surface area contributed by atoms with Crippen LogP contribution in [-0.2, 0) is 114 Å². The molecule has 91 heavy (non-hydrogen) atoms. The monoisotopic (exact) mass is 1330 g/mol. The van der Waals surface area contributed by atoms with Gasteiger partial charge in [-0.15, -0.1) is 0 Å². The average molecular weight is 1330 g/mol. The molecule has 0 atom stereocenters. The van der Waals surface area contributed by atoms with Crippen molar-refractivity contribution in [2.45, 2.75) is 110 Å². The van der Waals surface area contributed by atoms with E-state index in [1.165, 1.54) is 96.3 Å². The minimum Gasteiger partial charge on any atom is -0.379 e. The summed E-state index contributed by atoms with van der Waals surface area (Å²) in [4.78, 5) is 0. The maximum absolute atomic E-state index is 5.71. The summed E-state index contributed by atoms with van der Waals surface area (Å²) >= 11 is 0. The largest absolute Gasteiger partial charge is 0.379 e. The molecule has 0 amide bonds. The van der Waals surface area contributed by atoms with Gasteiger partial charge < -0.3 is 119 Å². The van der Waals surface area contributed by atoms with E-state index in [0.717, 1.165) is 13.0 Å². The highest BCUT2D eigenvalue weighted by Crippen LogP contribution is 2.14. The molecule has 0 saturated carbocycles. The third-order valence-corrected chi connectivity index (χ3v) is 13.0. The number of hydrogen-bond acceptors (Lipinski definition) is 25. The summed E-state index contributed by atoms with van der Waals surface area (Å²) in [5, 5.41) is 0.